The number of H-pyrrole nitrogens is 2. The third kappa shape index (κ3) is 30.6. The van der Waals surface area contributed by atoms with Gasteiger partial charge in [0, 0.05) is 135 Å². The van der Waals surface area contributed by atoms with Crippen molar-refractivity contribution < 1.29 is 67.1 Å². The lowest BCUT2D eigenvalue weighted by molar-refractivity contribution is -0.138. The van der Waals surface area contributed by atoms with E-state index in [2.05, 4.69) is 87.4 Å². The zero-order valence-electron chi connectivity index (χ0n) is 69.9. The molecule has 1 fully saturated rings. The first-order valence-electron chi connectivity index (χ1n) is 40.4. The topological polar surface area (TPSA) is 751 Å². The number of rotatable bonds is 12. The summed E-state index contributed by atoms with van der Waals surface area (Å²) in [5.41, 5.74) is 23.8. The van der Waals surface area contributed by atoms with Crippen LogP contribution in [0.25, 0.3) is 22.3 Å². The molecule has 0 aliphatic carbocycles. The summed E-state index contributed by atoms with van der Waals surface area (Å²) < 4.78 is 6.04. The molecule has 1 saturated heterocycles. The van der Waals surface area contributed by atoms with Crippen molar-refractivity contribution in [3.63, 3.8) is 0 Å². The van der Waals surface area contributed by atoms with Crippen LogP contribution in [0.4, 0.5) is 29.2 Å². The summed E-state index contributed by atoms with van der Waals surface area (Å²) in [6.07, 6.45) is 11.0. The highest BCUT2D eigenvalue weighted by molar-refractivity contribution is 5.90. The van der Waals surface area contributed by atoms with Crippen molar-refractivity contribution in [2.45, 2.75) is 90.6 Å². The van der Waals surface area contributed by atoms with Gasteiger partial charge in [-0.1, -0.05) is 12.8 Å². The number of amides is 14. The standard InChI is InChI=1S/C74H99N35O20/c75-46-9-21-104(71(126)92-46)37-58(119)99-26-16-83-53(114)32-98(61(122)40-107-24-12-51(112)95-74(107)129)25-15-82-50(111)8-4-1-5-13-80-49(110)7-3-2-6-14-81-52(113)31-102(63(124)42-109-45-91-65-68(109)96-70(79)97-69(65)125)29-19-87-57(118)36-103(62(123)41-108-44-90-64-66(78)88-43-89-67(64)108)30-20-86-56(117)35-101(60(121)39-106-23-11-48(77)94-73(106)128)28-18-85-55(116)34-100(27-17-84-54(115)33-99)59(120)38-105-22-10-47(76)93-72(105)127/h9-12,21-24,43-45H,1-8,13-20,25-42H2,(H,80,110)(H,81,113)(H,82,111)(H,83,114)(H,84,115)(H,85,116)(H,86,117)(H,87,118)(H2,75,92,126)(H2,76,93,127)(H2,77,94,128)(H2,78,88,89)(H,95,112,129)(H3,79,96,97,125). The molecule has 55 nitrogen and oxygen atoms in total. The Morgan fingerprint density at radius 1 is 0.310 bits per heavy atom. The van der Waals surface area contributed by atoms with Crippen molar-refractivity contribution >= 4 is 134 Å². The molecular weight excluding hydrogens is 1700 g/mol. The zero-order chi connectivity index (χ0) is 93.2. The first-order chi connectivity index (χ1) is 61.7. The number of nitrogen functional groups attached to an aromatic ring is 5. The van der Waals surface area contributed by atoms with Crippen molar-refractivity contribution in [1.82, 2.24) is 149 Å². The van der Waals surface area contributed by atoms with E-state index >= 15 is 0 Å². The molecule has 9 rings (SSSR count). The maximum absolute atomic E-state index is 14.4. The molecule has 8 aromatic rings. The molecule has 20 N–H and O–H groups in total. The van der Waals surface area contributed by atoms with E-state index in [1.54, 1.807) is 0 Å². The summed E-state index contributed by atoms with van der Waals surface area (Å²) in [5.74, 6) is -11.4. The number of nitrogens with one attached hydrogen (secondary N) is 10. The molecule has 55 heteroatoms. The van der Waals surface area contributed by atoms with Gasteiger partial charge >= 0.3 is 22.8 Å². The average molecular weight is 1800 g/mol. The SMILES string of the molecule is Nc1ccn(CC(=O)N2CCNC(=O)CN(C(=O)Cn3ccc(N)nc3=O)CCNC(=O)CN(C(=O)Cn3ccc(=O)[nH]c3=O)CCNC(=O)CCCCCNC(=O)CCCCCNC(=O)CN(C(=O)Cn3cnc4c(=O)[nH]c(N)nc43)CCNC(=O)CN(C(=O)Cn3cnc4c(N)ncnc43)CCNC(=O)CN(C(=O)Cn3ccc(N)nc3=O)CCNC(=O)C2)c(=O)n1. The van der Waals surface area contributed by atoms with E-state index in [4.69, 9.17) is 28.7 Å². The van der Waals surface area contributed by atoms with Gasteiger partial charge in [-0.15, -0.1) is 0 Å². The molecule has 0 bridgehead atoms. The van der Waals surface area contributed by atoms with Gasteiger partial charge in [-0.3, -0.25) is 105 Å². The zero-order valence-corrected chi connectivity index (χ0v) is 69.9. The van der Waals surface area contributed by atoms with E-state index in [9.17, 15) is 95.9 Å². The second-order valence-electron chi connectivity index (χ2n) is 29.1. The summed E-state index contributed by atoms with van der Waals surface area (Å²) in [4.78, 5) is 312. The number of nitrogens with two attached hydrogens (primary N) is 5. The Bertz CT molecular complexity index is 5810. The summed E-state index contributed by atoms with van der Waals surface area (Å²) in [6.45, 7) is -12.6. The number of hydrogen-bond acceptors (Lipinski definition) is 33. The van der Waals surface area contributed by atoms with Gasteiger partial charge in [0.15, 0.2) is 22.6 Å². The fourth-order valence-corrected chi connectivity index (χ4v) is 12.7. The molecule has 690 valence electrons. The summed E-state index contributed by atoms with van der Waals surface area (Å²) in [5, 5.41) is 21.1. The van der Waals surface area contributed by atoms with Crippen molar-refractivity contribution in [3.8, 4) is 0 Å². The molecule has 1 aliphatic rings. The lowest BCUT2D eigenvalue weighted by atomic mass is 10.1. The Labute approximate surface area is 728 Å². The van der Waals surface area contributed by atoms with Gasteiger partial charge < -0.3 is 110 Å². The predicted octanol–water partition coefficient (Wildman–Crippen LogP) is -11.8. The highest BCUT2D eigenvalue weighted by Gasteiger charge is 2.28. The van der Waals surface area contributed by atoms with Crippen LogP contribution in [-0.4, -0.2) is 320 Å². The minimum atomic E-state index is -0.965. The van der Waals surface area contributed by atoms with Gasteiger partial charge in [-0.25, -0.2) is 39.1 Å². The summed E-state index contributed by atoms with van der Waals surface area (Å²) in [7, 11) is 0. The Balaban J connectivity index is 0.932. The number of carbonyl (C=O) groups is 14. The Morgan fingerprint density at radius 3 is 0.977 bits per heavy atom. The van der Waals surface area contributed by atoms with E-state index in [0.717, 1.165) is 84.8 Å². The number of imidazole rings is 2. The van der Waals surface area contributed by atoms with Crippen molar-refractivity contribution in [2.75, 3.05) is 160 Å². The van der Waals surface area contributed by atoms with Crippen LogP contribution >= 0.6 is 0 Å². The van der Waals surface area contributed by atoms with Crippen molar-refractivity contribution in [1.29, 1.82) is 0 Å². The molecule has 0 atom stereocenters. The van der Waals surface area contributed by atoms with Crippen LogP contribution in [0.5, 0.6) is 0 Å². The third-order valence-corrected chi connectivity index (χ3v) is 19.5. The first-order valence-corrected chi connectivity index (χ1v) is 40.4. The monoisotopic (exact) mass is 1800 g/mol. The van der Waals surface area contributed by atoms with Gasteiger partial charge in [0.2, 0.25) is 88.6 Å². The normalized spacial score (nSPS) is 16.1. The Hall–Kier alpha value is -16.2. The molecule has 9 heterocycles. The quantitative estimate of drug-likeness (QED) is 0.0540. The number of fused-ring (bicyclic) bond motifs is 2. The second kappa shape index (κ2) is 47.6. The van der Waals surface area contributed by atoms with E-state index in [1.165, 1.54) is 40.0 Å². The van der Waals surface area contributed by atoms with Gasteiger partial charge in [-0.05, 0) is 43.9 Å². The van der Waals surface area contributed by atoms with Crippen LogP contribution in [-0.2, 0) is 106 Å². The van der Waals surface area contributed by atoms with Crippen LogP contribution in [0.1, 0.15) is 51.4 Å². The first kappa shape index (κ1) is 96.6. The number of nitrogens with zero attached hydrogens (tertiary/aromatic N) is 20. The molecule has 8 aromatic heterocycles. The van der Waals surface area contributed by atoms with E-state index in [0.29, 0.717) is 38.5 Å². The number of aromatic nitrogens is 16. The van der Waals surface area contributed by atoms with Crippen LogP contribution in [0, 0.1) is 0 Å². The van der Waals surface area contributed by atoms with Crippen LogP contribution in [0.3, 0.4) is 0 Å². The van der Waals surface area contributed by atoms with Gasteiger partial charge in [0.1, 0.15) is 68.6 Å². The number of anilines is 5. The Morgan fingerprint density at radius 2 is 0.620 bits per heavy atom. The fourth-order valence-electron chi connectivity index (χ4n) is 12.7. The number of carbonyl (C=O) groups excluding carboxylic acids is 14. The minimum absolute atomic E-state index is 0.0110. The molecule has 0 saturated carbocycles. The molecule has 0 radical (unpaired) electrons. The fraction of sp³-hybridized carbons (Fsp3) is 0.459. The van der Waals surface area contributed by atoms with Gasteiger partial charge in [-0.2, -0.15) is 19.9 Å². The highest BCUT2D eigenvalue weighted by atomic mass is 16.2. The average Bonchev–Trinajstić information content (AvgIpc) is 1.64. The molecule has 1 aliphatic heterocycles. The Kier molecular flexibility index (Phi) is 35.7. The predicted molar refractivity (Wildman–Crippen MR) is 453 cm³/mol. The van der Waals surface area contributed by atoms with Crippen LogP contribution in [0.2, 0.25) is 0 Å². The molecule has 0 unspecified atom stereocenters. The molecular formula is C74H99N35O20. The third-order valence-electron chi connectivity index (χ3n) is 19.5. The van der Waals surface area contributed by atoms with Gasteiger partial charge in [0.25, 0.3) is 11.1 Å². The smallest absolute Gasteiger partial charge is 0.349 e. The highest BCUT2D eigenvalue weighted by Crippen LogP contribution is 2.15. The number of hydrogen-bond donors (Lipinski definition) is 15. The van der Waals surface area contributed by atoms with Crippen LogP contribution < -0.4 is 105 Å². The van der Waals surface area contributed by atoms with Crippen LogP contribution in [0.15, 0.2) is 96.8 Å². The summed E-state index contributed by atoms with van der Waals surface area (Å²) in [6, 6.07) is 4.65. The van der Waals surface area contributed by atoms with E-state index in [1.807, 2.05) is 4.98 Å². The number of aromatic amines is 2. The maximum atomic E-state index is 14.4. The van der Waals surface area contributed by atoms with E-state index < -0.39 is 242 Å². The maximum Gasteiger partial charge on any atom is 0.349 e. The molecule has 0 spiro atoms. The molecule has 129 heavy (non-hydrogen) atoms. The second-order valence-corrected chi connectivity index (χ2v) is 29.1. The largest absolute Gasteiger partial charge is 0.383 e. The molecule has 0 aromatic carbocycles. The van der Waals surface area contributed by atoms with Crippen molar-refractivity contribution in [2.24, 2.45) is 0 Å². The molecule has 14 amide bonds. The lowest BCUT2D eigenvalue weighted by Crippen LogP contribution is -2.50. The van der Waals surface area contributed by atoms with Crippen molar-refractivity contribution in [3.05, 3.63) is 131 Å². The summed E-state index contributed by atoms with van der Waals surface area (Å²) >= 11 is 0. The minimum Gasteiger partial charge on any atom is -0.383 e. The van der Waals surface area contributed by atoms with Gasteiger partial charge in [0.05, 0.1) is 51.9 Å². The van der Waals surface area contributed by atoms with E-state index in [-0.39, 0.29) is 110 Å². The lowest BCUT2D eigenvalue weighted by Gasteiger charge is -2.26.